The van der Waals surface area contributed by atoms with Gasteiger partial charge in [0, 0.05) is 39.4 Å². The summed E-state index contributed by atoms with van der Waals surface area (Å²) >= 11 is 0. The highest BCUT2D eigenvalue weighted by Gasteiger charge is 2.49. The van der Waals surface area contributed by atoms with Gasteiger partial charge >= 0.3 is 0 Å². The van der Waals surface area contributed by atoms with E-state index in [0.717, 1.165) is 56.0 Å². The normalized spacial score (nSPS) is 21.5. The zero-order chi connectivity index (χ0) is 26.8. The van der Waals surface area contributed by atoms with Gasteiger partial charge in [-0.3, -0.25) is 0 Å². The number of para-hydroxylation sites is 1. The Labute approximate surface area is 221 Å². The van der Waals surface area contributed by atoms with Crippen molar-refractivity contribution in [3.8, 4) is 11.5 Å². The van der Waals surface area contributed by atoms with Gasteiger partial charge in [-0.2, -0.15) is 0 Å². The van der Waals surface area contributed by atoms with Crippen LogP contribution < -0.4 is 4.74 Å². The molecule has 0 bridgehead atoms. The monoisotopic (exact) mass is 510 g/mol. The van der Waals surface area contributed by atoms with E-state index in [2.05, 4.69) is 48.1 Å². The standard InChI is InChI=1S/C32H34N2O4/c1-17(2)12-13-19-8-6-9-20-22(15-33-28(19)20)27-31(38-16-32(27,4)36)26-29-21(14-18(3)30(26)35)25-23(34-29)10-7-11-24(25)37-5/h6-12,14-15,27,31,33-36H,13,16H2,1-5H3/t27-,31-,32+/m0/s1. The molecular weight excluding hydrogens is 476 g/mol. The first-order chi connectivity index (χ1) is 18.2. The SMILES string of the molecule is COc1cccc2[nH]c3c([C@@H]4OC[C@@](C)(O)[C@H]4c4c[nH]c5c(CC=C(C)C)cccc45)c(O)c(C)cc3c12. The summed E-state index contributed by atoms with van der Waals surface area (Å²) in [6.07, 6.45) is 4.48. The van der Waals surface area contributed by atoms with E-state index in [1.807, 2.05) is 44.3 Å². The summed E-state index contributed by atoms with van der Waals surface area (Å²) in [5.74, 6) is 0.542. The van der Waals surface area contributed by atoms with E-state index >= 15 is 0 Å². The largest absolute Gasteiger partial charge is 0.507 e. The maximum atomic E-state index is 11.7. The number of phenolic OH excluding ortho intramolecular Hbond substituents is 1. The van der Waals surface area contributed by atoms with Crippen LogP contribution in [0.15, 0.2) is 60.3 Å². The maximum absolute atomic E-state index is 11.7. The molecule has 1 aliphatic rings. The van der Waals surface area contributed by atoms with Gasteiger partial charge in [-0.15, -0.1) is 0 Å². The van der Waals surface area contributed by atoms with E-state index in [1.54, 1.807) is 7.11 Å². The Kier molecular flexibility index (Phi) is 5.78. The lowest BCUT2D eigenvalue weighted by molar-refractivity contribution is 0.0313. The van der Waals surface area contributed by atoms with Crippen molar-refractivity contribution in [3.05, 3.63) is 82.6 Å². The van der Waals surface area contributed by atoms with Crippen molar-refractivity contribution in [1.82, 2.24) is 9.97 Å². The predicted molar refractivity (Wildman–Crippen MR) is 152 cm³/mol. The highest BCUT2D eigenvalue weighted by molar-refractivity contribution is 6.12. The number of rotatable bonds is 5. The summed E-state index contributed by atoms with van der Waals surface area (Å²) < 4.78 is 12.0. The zero-order valence-electron chi connectivity index (χ0n) is 22.5. The second-order valence-corrected chi connectivity index (χ2v) is 11.0. The Morgan fingerprint density at radius 1 is 1.16 bits per heavy atom. The van der Waals surface area contributed by atoms with Crippen LogP contribution in [0.5, 0.6) is 11.5 Å². The minimum atomic E-state index is -1.14. The highest BCUT2D eigenvalue weighted by Crippen LogP contribution is 2.53. The summed E-state index contributed by atoms with van der Waals surface area (Å²) in [5, 5.41) is 26.1. The number of aryl methyl sites for hydroxylation is 1. The van der Waals surface area contributed by atoms with Crippen LogP contribution in [-0.2, 0) is 11.2 Å². The van der Waals surface area contributed by atoms with Gasteiger partial charge in [0.15, 0.2) is 0 Å². The van der Waals surface area contributed by atoms with E-state index in [1.165, 1.54) is 11.1 Å². The average Bonchev–Trinajstić information content (AvgIpc) is 3.56. The molecule has 2 aromatic heterocycles. The van der Waals surface area contributed by atoms with E-state index in [9.17, 15) is 10.2 Å². The van der Waals surface area contributed by atoms with Crippen LogP contribution >= 0.6 is 0 Å². The molecular formula is C32H34N2O4. The molecule has 5 aromatic rings. The van der Waals surface area contributed by atoms with Crippen molar-refractivity contribution in [2.24, 2.45) is 0 Å². The van der Waals surface area contributed by atoms with Gasteiger partial charge < -0.3 is 29.7 Å². The van der Waals surface area contributed by atoms with Crippen LogP contribution in [0.4, 0.5) is 0 Å². The number of aromatic nitrogens is 2. The quantitative estimate of drug-likeness (QED) is 0.193. The van der Waals surface area contributed by atoms with Crippen LogP contribution in [0.3, 0.4) is 0 Å². The number of methoxy groups -OCH3 is 1. The minimum absolute atomic E-state index is 0.158. The number of aromatic amines is 2. The molecule has 3 heterocycles. The van der Waals surface area contributed by atoms with Crippen molar-refractivity contribution in [2.75, 3.05) is 13.7 Å². The number of hydrogen-bond donors (Lipinski definition) is 4. The third-order valence-corrected chi connectivity index (χ3v) is 8.01. The predicted octanol–water partition coefficient (Wildman–Crippen LogP) is 6.94. The van der Waals surface area contributed by atoms with Gasteiger partial charge in [0.05, 0.1) is 36.5 Å². The number of phenols is 1. The zero-order valence-corrected chi connectivity index (χ0v) is 22.5. The Morgan fingerprint density at radius 3 is 2.71 bits per heavy atom. The molecule has 0 amide bonds. The molecule has 1 fully saturated rings. The first-order valence-corrected chi connectivity index (χ1v) is 13.1. The minimum Gasteiger partial charge on any atom is -0.507 e. The van der Waals surface area contributed by atoms with E-state index in [-0.39, 0.29) is 12.4 Å². The van der Waals surface area contributed by atoms with Crippen LogP contribution in [0.25, 0.3) is 32.7 Å². The van der Waals surface area contributed by atoms with Crippen molar-refractivity contribution in [2.45, 2.75) is 51.7 Å². The molecule has 6 heteroatoms. The molecule has 0 spiro atoms. The molecule has 0 unspecified atom stereocenters. The molecule has 1 aliphatic heterocycles. The summed E-state index contributed by atoms with van der Waals surface area (Å²) in [5.41, 5.74) is 6.51. The van der Waals surface area contributed by atoms with Gasteiger partial charge in [0.25, 0.3) is 0 Å². The lowest BCUT2D eigenvalue weighted by Crippen LogP contribution is -2.32. The Hall–Kier alpha value is -3.74. The summed E-state index contributed by atoms with van der Waals surface area (Å²) in [6.45, 7) is 8.09. The lowest BCUT2D eigenvalue weighted by Gasteiger charge is -2.28. The van der Waals surface area contributed by atoms with Crippen LogP contribution in [0.1, 0.15) is 55.0 Å². The van der Waals surface area contributed by atoms with Gasteiger partial charge in [0.2, 0.25) is 0 Å². The van der Waals surface area contributed by atoms with Crippen LogP contribution in [0, 0.1) is 6.92 Å². The van der Waals surface area contributed by atoms with Crippen molar-refractivity contribution in [1.29, 1.82) is 0 Å². The third-order valence-electron chi connectivity index (χ3n) is 8.01. The molecule has 0 saturated carbocycles. The number of aliphatic hydroxyl groups is 1. The summed E-state index contributed by atoms with van der Waals surface area (Å²) in [6, 6.07) is 14.2. The molecule has 3 atom stereocenters. The number of ether oxygens (including phenoxy) is 2. The first-order valence-electron chi connectivity index (χ1n) is 13.1. The van der Waals surface area contributed by atoms with Crippen molar-refractivity contribution >= 4 is 32.7 Å². The first kappa shape index (κ1) is 24.6. The van der Waals surface area contributed by atoms with Crippen LogP contribution in [0.2, 0.25) is 0 Å². The van der Waals surface area contributed by atoms with Crippen LogP contribution in [-0.4, -0.2) is 39.5 Å². The number of hydrogen-bond acceptors (Lipinski definition) is 4. The molecule has 6 rings (SSSR count). The van der Waals surface area contributed by atoms with Gasteiger partial charge in [-0.25, -0.2) is 0 Å². The average molecular weight is 511 g/mol. The molecule has 3 aromatic carbocycles. The Balaban J connectivity index is 1.57. The van der Waals surface area contributed by atoms with Crippen molar-refractivity contribution in [3.63, 3.8) is 0 Å². The highest BCUT2D eigenvalue weighted by atomic mass is 16.5. The number of aromatic hydroxyl groups is 1. The van der Waals surface area contributed by atoms with Gasteiger partial charge in [-0.1, -0.05) is 35.9 Å². The fraction of sp³-hybridized carbons (Fsp3) is 0.312. The maximum Gasteiger partial charge on any atom is 0.128 e. The topological polar surface area (TPSA) is 90.5 Å². The van der Waals surface area contributed by atoms with Gasteiger partial charge in [-0.05, 0) is 69.0 Å². The molecule has 0 radical (unpaired) electrons. The Morgan fingerprint density at radius 2 is 1.95 bits per heavy atom. The molecule has 6 nitrogen and oxygen atoms in total. The molecule has 4 N–H and O–H groups in total. The van der Waals surface area contributed by atoms with E-state index in [4.69, 9.17) is 9.47 Å². The second kappa shape index (κ2) is 8.93. The Bertz CT molecular complexity index is 1720. The number of fused-ring (bicyclic) bond motifs is 4. The van der Waals surface area contributed by atoms with E-state index < -0.39 is 17.6 Å². The van der Waals surface area contributed by atoms with Crippen molar-refractivity contribution < 1.29 is 19.7 Å². The summed E-state index contributed by atoms with van der Waals surface area (Å²) in [7, 11) is 1.66. The number of nitrogens with one attached hydrogen (secondary N) is 2. The van der Waals surface area contributed by atoms with E-state index in [0.29, 0.717) is 5.56 Å². The molecule has 38 heavy (non-hydrogen) atoms. The molecule has 196 valence electrons. The third kappa shape index (κ3) is 3.70. The fourth-order valence-electron chi connectivity index (χ4n) is 6.16. The fourth-order valence-corrected chi connectivity index (χ4v) is 6.16. The number of H-pyrrole nitrogens is 2. The second-order valence-electron chi connectivity index (χ2n) is 11.0. The lowest BCUT2D eigenvalue weighted by atomic mass is 9.78. The number of benzene rings is 3. The molecule has 0 aliphatic carbocycles. The smallest absolute Gasteiger partial charge is 0.128 e. The summed E-state index contributed by atoms with van der Waals surface area (Å²) in [4.78, 5) is 7.00. The number of allylic oxidation sites excluding steroid dienone is 2. The van der Waals surface area contributed by atoms with Gasteiger partial charge in [0.1, 0.15) is 11.5 Å². The molecule has 1 saturated heterocycles.